The maximum Gasteiger partial charge on any atom is 0.252 e. The molecule has 0 radical (unpaired) electrons. The number of carbonyl (C=O) groups is 1. The Morgan fingerprint density at radius 3 is 2.68 bits per heavy atom. The van der Waals surface area contributed by atoms with Crippen molar-refractivity contribution in [2.75, 3.05) is 6.54 Å². The Kier molecular flexibility index (Phi) is 4.91. The summed E-state index contributed by atoms with van der Waals surface area (Å²) in [5.41, 5.74) is 4.02. The Balaban J connectivity index is 1.75. The van der Waals surface area contributed by atoms with Crippen molar-refractivity contribution in [3.8, 4) is 0 Å². The summed E-state index contributed by atoms with van der Waals surface area (Å²) < 4.78 is 0. The highest BCUT2D eigenvalue weighted by Gasteiger charge is 2.10. The molecule has 0 bridgehead atoms. The number of aromatic nitrogens is 1. The standard InChI is InChI=1S/C20H19ClN2O2/c1-12-9-13(2)18-15(10-12)11-14(19(24)23-18)7-8-22-20(25)16-5-3-4-6-17(16)21/h3-6,9-11H,7-8H2,1-2H3,(H,22,25)(H,23,24). The molecule has 0 atom stereocenters. The van der Waals surface area contributed by atoms with E-state index < -0.39 is 0 Å². The van der Waals surface area contributed by atoms with E-state index in [9.17, 15) is 9.59 Å². The number of hydrogen-bond acceptors (Lipinski definition) is 2. The summed E-state index contributed by atoms with van der Waals surface area (Å²) in [6.45, 7) is 4.37. The van der Waals surface area contributed by atoms with E-state index in [0.717, 1.165) is 22.0 Å². The van der Waals surface area contributed by atoms with Crippen LogP contribution in [0.15, 0.2) is 47.3 Å². The fraction of sp³-hybridized carbons (Fsp3) is 0.200. The molecular weight excluding hydrogens is 336 g/mol. The van der Waals surface area contributed by atoms with E-state index in [1.807, 2.05) is 32.0 Å². The van der Waals surface area contributed by atoms with Crippen LogP contribution in [-0.4, -0.2) is 17.4 Å². The van der Waals surface area contributed by atoms with Crippen LogP contribution in [-0.2, 0) is 6.42 Å². The lowest BCUT2D eigenvalue weighted by Gasteiger charge is -2.09. The second-order valence-corrected chi connectivity index (χ2v) is 6.56. The Bertz CT molecular complexity index is 1010. The fourth-order valence-electron chi connectivity index (χ4n) is 2.97. The third-order valence-corrected chi connectivity index (χ3v) is 4.50. The summed E-state index contributed by atoms with van der Waals surface area (Å²) in [6, 6.07) is 12.9. The summed E-state index contributed by atoms with van der Waals surface area (Å²) in [5, 5.41) is 4.23. The zero-order valence-electron chi connectivity index (χ0n) is 14.2. The van der Waals surface area contributed by atoms with E-state index in [2.05, 4.69) is 10.3 Å². The van der Waals surface area contributed by atoms with E-state index in [1.54, 1.807) is 24.3 Å². The first-order valence-corrected chi connectivity index (χ1v) is 8.49. The number of rotatable bonds is 4. The molecule has 0 saturated heterocycles. The number of fused-ring (bicyclic) bond motifs is 1. The minimum atomic E-state index is -0.241. The monoisotopic (exact) mass is 354 g/mol. The van der Waals surface area contributed by atoms with Crippen molar-refractivity contribution >= 4 is 28.4 Å². The SMILES string of the molecule is Cc1cc(C)c2[nH]c(=O)c(CCNC(=O)c3ccccc3Cl)cc2c1. The predicted octanol–water partition coefficient (Wildman–Crippen LogP) is 3.77. The van der Waals surface area contributed by atoms with E-state index in [0.29, 0.717) is 29.1 Å². The van der Waals surface area contributed by atoms with Gasteiger partial charge in [-0.15, -0.1) is 0 Å². The van der Waals surface area contributed by atoms with Crippen LogP contribution in [0, 0.1) is 13.8 Å². The number of amides is 1. The average molecular weight is 355 g/mol. The minimum Gasteiger partial charge on any atom is -0.352 e. The van der Waals surface area contributed by atoms with Gasteiger partial charge in [0, 0.05) is 12.1 Å². The summed E-state index contributed by atoms with van der Waals surface area (Å²) in [4.78, 5) is 27.4. The number of hydrogen-bond donors (Lipinski definition) is 2. The van der Waals surface area contributed by atoms with Crippen molar-refractivity contribution in [1.82, 2.24) is 10.3 Å². The first-order chi connectivity index (χ1) is 12.0. The molecule has 2 N–H and O–H groups in total. The molecule has 0 fully saturated rings. The molecule has 2 aromatic carbocycles. The van der Waals surface area contributed by atoms with Gasteiger partial charge in [-0.05, 0) is 55.5 Å². The zero-order chi connectivity index (χ0) is 18.0. The number of aromatic amines is 1. The van der Waals surface area contributed by atoms with E-state index in [4.69, 9.17) is 11.6 Å². The van der Waals surface area contributed by atoms with Gasteiger partial charge in [-0.2, -0.15) is 0 Å². The topological polar surface area (TPSA) is 62.0 Å². The van der Waals surface area contributed by atoms with Crippen LogP contribution < -0.4 is 10.9 Å². The third kappa shape index (κ3) is 3.74. The largest absolute Gasteiger partial charge is 0.352 e. The van der Waals surface area contributed by atoms with Gasteiger partial charge in [-0.1, -0.05) is 35.4 Å². The van der Waals surface area contributed by atoms with Gasteiger partial charge >= 0.3 is 0 Å². The van der Waals surface area contributed by atoms with E-state index in [-0.39, 0.29) is 11.5 Å². The number of carbonyl (C=O) groups excluding carboxylic acids is 1. The summed E-state index contributed by atoms with van der Waals surface area (Å²) >= 11 is 6.02. The fourth-order valence-corrected chi connectivity index (χ4v) is 3.19. The quantitative estimate of drug-likeness (QED) is 0.749. The first kappa shape index (κ1) is 17.2. The molecule has 0 unspecified atom stereocenters. The Hall–Kier alpha value is -2.59. The molecule has 0 aliphatic carbocycles. The molecule has 1 aromatic heterocycles. The summed E-state index contributed by atoms with van der Waals surface area (Å²) in [5.74, 6) is -0.241. The highest BCUT2D eigenvalue weighted by molar-refractivity contribution is 6.33. The number of nitrogens with one attached hydrogen (secondary N) is 2. The average Bonchev–Trinajstić information content (AvgIpc) is 2.56. The molecule has 128 valence electrons. The summed E-state index contributed by atoms with van der Waals surface area (Å²) in [7, 11) is 0. The van der Waals surface area contributed by atoms with Crippen molar-refractivity contribution < 1.29 is 4.79 Å². The van der Waals surface area contributed by atoms with Crippen molar-refractivity contribution in [2.45, 2.75) is 20.3 Å². The number of benzene rings is 2. The molecule has 25 heavy (non-hydrogen) atoms. The van der Waals surface area contributed by atoms with Gasteiger partial charge in [0.05, 0.1) is 16.1 Å². The third-order valence-electron chi connectivity index (χ3n) is 4.17. The lowest BCUT2D eigenvalue weighted by atomic mass is 10.0. The molecule has 4 nitrogen and oxygen atoms in total. The zero-order valence-corrected chi connectivity index (χ0v) is 14.9. The summed E-state index contributed by atoms with van der Waals surface area (Å²) in [6.07, 6.45) is 0.453. The van der Waals surface area contributed by atoms with Gasteiger partial charge in [0.1, 0.15) is 0 Å². The van der Waals surface area contributed by atoms with Crippen LogP contribution in [0.3, 0.4) is 0 Å². The lowest BCUT2D eigenvalue weighted by molar-refractivity contribution is 0.0954. The maximum absolute atomic E-state index is 12.3. The van der Waals surface area contributed by atoms with Crippen LogP contribution in [0.2, 0.25) is 5.02 Å². The molecule has 1 heterocycles. The van der Waals surface area contributed by atoms with E-state index >= 15 is 0 Å². The van der Waals surface area contributed by atoms with Crippen molar-refractivity contribution in [3.63, 3.8) is 0 Å². The molecule has 0 spiro atoms. The number of aryl methyl sites for hydroxylation is 2. The molecule has 3 aromatic rings. The lowest BCUT2D eigenvalue weighted by Crippen LogP contribution is -2.27. The second kappa shape index (κ2) is 7.11. The van der Waals surface area contributed by atoms with Crippen LogP contribution in [0.5, 0.6) is 0 Å². The normalized spacial score (nSPS) is 10.8. The minimum absolute atomic E-state index is 0.119. The maximum atomic E-state index is 12.3. The molecule has 5 heteroatoms. The number of pyridine rings is 1. The number of H-pyrrole nitrogens is 1. The van der Waals surface area contributed by atoms with Crippen LogP contribution in [0.25, 0.3) is 10.9 Å². The molecular formula is C20H19ClN2O2. The van der Waals surface area contributed by atoms with Gasteiger partial charge in [0.25, 0.3) is 11.5 Å². The van der Waals surface area contributed by atoms with Gasteiger partial charge in [-0.3, -0.25) is 9.59 Å². The van der Waals surface area contributed by atoms with Gasteiger partial charge in [-0.25, -0.2) is 0 Å². The highest BCUT2D eigenvalue weighted by Crippen LogP contribution is 2.18. The molecule has 0 aliphatic heterocycles. The molecule has 3 rings (SSSR count). The molecule has 0 saturated carbocycles. The van der Waals surface area contributed by atoms with Gasteiger partial charge in [0.15, 0.2) is 0 Å². The van der Waals surface area contributed by atoms with Crippen LogP contribution >= 0.6 is 11.6 Å². The van der Waals surface area contributed by atoms with Crippen molar-refractivity contribution in [3.05, 3.63) is 80.1 Å². The van der Waals surface area contributed by atoms with Gasteiger partial charge in [0.2, 0.25) is 0 Å². The molecule has 1 amide bonds. The van der Waals surface area contributed by atoms with Crippen molar-refractivity contribution in [2.24, 2.45) is 0 Å². The van der Waals surface area contributed by atoms with Crippen LogP contribution in [0.4, 0.5) is 0 Å². The Labute approximate surface area is 150 Å². The van der Waals surface area contributed by atoms with Crippen molar-refractivity contribution in [1.29, 1.82) is 0 Å². The number of halogens is 1. The highest BCUT2D eigenvalue weighted by atomic mass is 35.5. The van der Waals surface area contributed by atoms with E-state index in [1.165, 1.54) is 0 Å². The Morgan fingerprint density at radius 1 is 1.16 bits per heavy atom. The first-order valence-electron chi connectivity index (χ1n) is 8.11. The van der Waals surface area contributed by atoms with Crippen LogP contribution in [0.1, 0.15) is 27.0 Å². The molecule has 0 aliphatic rings. The predicted molar refractivity (Wildman–Crippen MR) is 102 cm³/mol. The Morgan fingerprint density at radius 2 is 1.92 bits per heavy atom. The smallest absolute Gasteiger partial charge is 0.252 e. The second-order valence-electron chi connectivity index (χ2n) is 6.16. The van der Waals surface area contributed by atoms with Gasteiger partial charge < -0.3 is 10.3 Å².